The zero-order chi connectivity index (χ0) is 13.0. The van der Waals surface area contributed by atoms with Crippen molar-refractivity contribution in [2.75, 3.05) is 0 Å². The van der Waals surface area contributed by atoms with Crippen LogP contribution in [0.3, 0.4) is 0 Å². The molecule has 1 radical (unpaired) electrons. The van der Waals surface area contributed by atoms with E-state index in [0.29, 0.717) is 6.61 Å². The molecule has 0 amide bonds. The Balaban J connectivity index is 2.31. The second-order valence-corrected chi connectivity index (χ2v) is 4.66. The number of hydrogen-bond acceptors (Lipinski definition) is 3. The van der Waals surface area contributed by atoms with Gasteiger partial charge in [0.2, 0.25) is 0 Å². The zero-order valence-corrected chi connectivity index (χ0v) is 11.6. The Morgan fingerprint density at radius 3 is 2.83 bits per heavy atom. The van der Waals surface area contributed by atoms with Gasteiger partial charge in [-0.1, -0.05) is 12.2 Å². The molecule has 0 saturated heterocycles. The highest BCUT2D eigenvalue weighted by molar-refractivity contribution is 6.33. The lowest BCUT2D eigenvalue weighted by Gasteiger charge is -2.07. The van der Waals surface area contributed by atoms with Gasteiger partial charge in [0.25, 0.3) is 9.38 Å². The molecule has 0 aliphatic carbocycles. The highest BCUT2D eigenvalue weighted by atomic mass is 28.2. The van der Waals surface area contributed by atoms with Crippen LogP contribution in [0.15, 0.2) is 30.5 Å². The third kappa shape index (κ3) is 2.90. The minimum absolute atomic E-state index is 0.246. The number of pyridine rings is 2. The van der Waals surface area contributed by atoms with Crippen molar-refractivity contribution in [1.82, 2.24) is 9.97 Å². The topological polar surface area (TPSA) is 35.0 Å². The fourth-order valence-electron chi connectivity index (χ4n) is 1.72. The predicted molar refractivity (Wildman–Crippen MR) is 74.6 cm³/mol. The molecule has 0 atom stereocenters. The second kappa shape index (κ2) is 5.69. The molecule has 18 heavy (non-hydrogen) atoms. The van der Waals surface area contributed by atoms with E-state index in [4.69, 9.17) is 4.43 Å². The number of nitrogens with zero attached hydrogens (tertiary/aromatic N) is 2. The van der Waals surface area contributed by atoms with Crippen LogP contribution in [0.25, 0.3) is 11.3 Å². The van der Waals surface area contributed by atoms with E-state index in [1.807, 2.05) is 38.2 Å². The van der Waals surface area contributed by atoms with Gasteiger partial charge in [0.15, 0.2) is 0 Å². The van der Waals surface area contributed by atoms with Crippen molar-refractivity contribution >= 4 is 15.6 Å². The quantitative estimate of drug-likeness (QED) is 0.787. The van der Waals surface area contributed by atoms with Gasteiger partial charge in [-0.2, -0.15) is 0 Å². The van der Waals surface area contributed by atoms with E-state index in [-0.39, 0.29) is 9.38 Å². The van der Waals surface area contributed by atoms with Crippen LogP contribution in [0.4, 0.5) is 0 Å². The molecule has 3 nitrogen and oxygen atoms in total. The Morgan fingerprint density at radius 1 is 1.33 bits per heavy atom. The summed E-state index contributed by atoms with van der Waals surface area (Å²) in [7, 11) is 0.246. The lowest BCUT2D eigenvalue weighted by Crippen LogP contribution is -1.99. The predicted octanol–water partition coefficient (Wildman–Crippen LogP) is 2.33. The van der Waals surface area contributed by atoms with Crippen molar-refractivity contribution in [3.05, 3.63) is 47.4 Å². The summed E-state index contributed by atoms with van der Waals surface area (Å²) < 4.78 is 5.30. The molecule has 91 valence electrons. The summed E-state index contributed by atoms with van der Waals surface area (Å²) in [5, 5.41) is 0. The van der Waals surface area contributed by atoms with Crippen LogP contribution < -0.4 is 0 Å². The lowest BCUT2D eigenvalue weighted by molar-refractivity contribution is 0.329. The SMILES string of the molecule is C=[Si]OCc1ncc(-c2cccc(C)n2)cc1C. The summed E-state index contributed by atoms with van der Waals surface area (Å²) in [6, 6.07) is 8.09. The zero-order valence-electron chi connectivity index (χ0n) is 10.6. The Kier molecular flexibility index (Phi) is 3.99. The van der Waals surface area contributed by atoms with E-state index in [0.717, 1.165) is 28.2 Å². The van der Waals surface area contributed by atoms with Crippen molar-refractivity contribution in [3.63, 3.8) is 0 Å². The van der Waals surface area contributed by atoms with Gasteiger partial charge in [-0.05, 0) is 37.6 Å². The molecule has 0 aliphatic heterocycles. The molecule has 2 aromatic rings. The fourth-order valence-corrected chi connectivity index (χ4v) is 1.96. The molecule has 2 heterocycles. The van der Waals surface area contributed by atoms with Gasteiger partial charge in [0, 0.05) is 17.5 Å². The van der Waals surface area contributed by atoms with E-state index < -0.39 is 0 Å². The van der Waals surface area contributed by atoms with Crippen LogP contribution in [0.5, 0.6) is 0 Å². The first-order valence-electron chi connectivity index (χ1n) is 5.74. The molecule has 0 saturated carbocycles. The first kappa shape index (κ1) is 12.6. The first-order chi connectivity index (χ1) is 8.70. The fraction of sp³-hybridized carbons (Fsp3) is 0.214. The van der Waals surface area contributed by atoms with E-state index in [2.05, 4.69) is 22.2 Å². The second-order valence-electron chi connectivity index (χ2n) is 4.08. The molecule has 4 heteroatoms. The van der Waals surface area contributed by atoms with Gasteiger partial charge < -0.3 is 4.43 Å². The third-order valence-electron chi connectivity index (χ3n) is 2.68. The normalized spacial score (nSPS) is 10.1. The van der Waals surface area contributed by atoms with E-state index in [9.17, 15) is 0 Å². The summed E-state index contributed by atoms with van der Waals surface area (Å²) >= 11 is 0. The summed E-state index contributed by atoms with van der Waals surface area (Å²) in [6.45, 7) is 4.55. The van der Waals surface area contributed by atoms with Crippen molar-refractivity contribution in [1.29, 1.82) is 0 Å². The van der Waals surface area contributed by atoms with Crippen LogP contribution in [-0.4, -0.2) is 25.5 Å². The summed E-state index contributed by atoms with van der Waals surface area (Å²) in [5.74, 6) is 0. The average Bonchev–Trinajstić information content (AvgIpc) is 2.37. The largest absolute Gasteiger partial charge is 0.542 e. The molecule has 0 N–H and O–H groups in total. The van der Waals surface area contributed by atoms with Crippen LogP contribution >= 0.6 is 0 Å². The molecule has 0 fully saturated rings. The first-order valence-corrected chi connectivity index (χ1v) is 6.85. The Morgan fingerprint density at radius 2 is 2.17 bits per heavy atom. The molecule has 2 rings (SSSR count). The van der Waals surface area contributed by atoms with Gasteiger partial charge >= 0.3 is 0 Å². The highest BCUT2D eigenvalue weighted by Crippen LogP contribution is 2.19. The smallest absolute Gasteiger partial charge is 0.273 e. The number of rotatable bonds is 4. The Hall–Kier alpha value is -1.81. The van der Waals surface area contributed by atoms with Gasteiger partial charge in [0.05, 0.1) is 11.4 Å². The van der Waals surface area contributed by atoms with Crippen molar-refractivity contribution in [3.8, 4) is 11.3 Å². The van der Waals surface area contributed by atoms with Crippen LogP contribution in [0, 0.1) is 13.8 Å². The van der Waals surface area contributed by atoms with E-state index >= 15 is 0 Å². The third-order valence-corrected chi connectivity index (χ3v) is 3.03. The maximum Gasteiger partial charge on any atom is 0.273 e. The molecule has 2 aromatic heterocycles. The van der Waals surface area contributed by atoms with Crippen LogP contribution in [-0.2, 0) is 11.0 Å². The molecule has 0 spiro atoms. The molecular formula is C14H15N2OSi. The molecule has 0 bridgehead atoms. The van der Waals surface area contributed by atoms with E-state index in [1.54, 1.807) is 0 Å². The van der Waals surface area contributed by atoms with Crippen molar-refractivity contribution < 1.29 is 4.43 Å². The Bertz CT molecular complexity index is 569. The molecule has 0 unspecified atom stereocenters. The summed E-state index contributed by atoms with van der Waals surface area (Å²) in [4.78, 5) is 8.93. The summed E-state index contributed by atoms with van der Waals surface area (Å²) in [6.07, 6.45) is 5.52. The van der Waals surface area contributed by atoms with Gasteiger partial charge in [0.1, 0.15) is 6.61 Å². The minimum atomic E-state index is 0.246. The summed E-state index contributed by atoms with van der Waals surface area (Å²) in [5.41, 5.74) is 5.08. The number of aromatic nitrogens is 2. The lowest BCUT2D eigenvalue weighted by atomic mass is 10.1. The average molecular weight is 255 g/mol. The maximum absolute atomic E-state index is 5.30. The maximum atomic E-state index is 5.30. The van der Waals surface area contributed by atoms with Crippen molar-refractivity contribution in [2.24, 2.45) is 0 Å². The molecular weight excluding hydrogens is 240 g/mol. The van der Waals surface area contributed by atoms with Gasteiger partial charge in [-0.3, -0.25) is 9.97 Å². The monoisotopic (exact) mass is 255 g/mol. The standard InChI is InChI=1S/C14H15N2OSi/c1-10-7-12(8-15-14(10)9-17-18-3)13-6-4-5-11(2)16-13/h4-8H,3,9H2,1-2H3. The van der Waals surface area contributed by atoms with Crippen molar-refractivity contribution in [2.45, 2.75) is 20.5 Å². The van der Waals surface area contributed by atoms with E-state index in [1.165, 1.54) is 0 Å². The number of hydrogen-bond donors (Lipinski definition) is 0. The van der Waals surface area contributed by atoms with Gasteiger partial charge in [-0.15, -0.1) is 0 Å². The Labute approximate surface area is 109 Å². The van der Waals surface area contributed by atoms with Crippen LogP contribution in [0.1, 0.15) is 17.0 Å². The van der Waals surface area contributed by atoms with Crippen LogP contribution in [0.2, 0.25) is 0 Å². The molecule has 0 aliphatic rings. The highest BCUT2D eigenvalue weighted by Gasteiger charge is 2.04. The number of aryl methyl sites for hydroxylation is 2. The minimum Gasteiger partial charge on any atom is -0.542 e. The molecule has 0 aromatic carbocycles. The van der Waals surface area contributed by atoms with Gasteiger partial charge in [-0.25, -0.2) is 0 Å².